The molecular weight excluding hydrogens is 310 g/mol. The maximum absolute atomic E-state index is 12.5. The van der Waals surface area contributed by atoms with Crippen LogP contribution in [0.2, 0.25) is 0 Å². The SMILES string of the molecule is Cc1cc(C(=O)NCC(C(=O)O)C2CCOCC2)c2nccn2c1. The van der Waals surface area contributed by atoms with Crippen LogP contribution in [-0.2, 0) is 9.53 Å². The summed E-state index contributed by atoms with van der Waals surface area (Å²) in [5.41, 5.74) is 1.96. The van der Waals surface area contributed by atoms with Crippen molar-refractivity contribution in [2.45, 2.75) is 19.8 Å². The lowest BCUT2D eigenvalue weighted by atomic mass is 9.86. The number of carbonyl (C=O) groups excluding carboxylic acids is 1. The van der Waals surface area contributed by atoms with Gasteiger partial charge in [0.25, 0.3) is 5.91 Å². The molecule has 1 aliphatic heterocycles. The molecule has 2 aromatic rings. The minimum absolute atomic E-state index is 0.0282. The van der Waals surface area contributed by atoms with E-state index < -0.39 is 11.9 Å². The lowest BCUT2D eigenvalue weighted by Gasteiger charge is -2.27. The first-order chi connectivity index (χ1) is 11.6. The Hall–Kier alpha value is -2.41. The molecule has 0 spiro atoms. The van der Waals surface area contributed by atoms with Gasteiger partial charge in [-0.2, -0.15) is 0 Å². The zero-order valence-corrected chi connectivity index (χ0v) is 13.6. The van der Waals surface area contributed by atoms with E-state index in [2.05, 4.69) is 10.3 Å². The molecule has 2 aromatic heterocycles. The largest absolute Gasteiger partial charge is 0.481 e. The van der Waals surface area contributed by atoms with Crippen LogP contribution in [0, 0.1) is 18.8 Å². The lowest BCUT2D eigenvalue weighted by molar-refractivity contribution is -0.144. The summed E-state index contributed by atoms with van der Waals surface area (Å²) in [6.07, 6.45) is 6.72. The molecule has 0 bridgehead atoms. The average Bonchev–Trinajstić information content (AvgIpc) is 3.03. The molecule has 1 aliphatic rings. The first-order valence-corrected chi connectivity index (χ1v) is 8.08. The Kier molecular flexibility index (Phi) is 4.80. The second-order valence-corrected chi connectivity index (χ2v) is 6.19. The minimum Gasteiger partial charge on any atom is -0.481 e. The number of carboxylic acid groups (broad SMARTS) is 1. The molecule has 0 aliphatic carbocycles. The van der Waals surface area contributed by atoms with Crippen LogP contribution >= 0.6 is 0 Å². The lowest BCUT2D eigenvalue weighted by Crippen LogP contribution is -2.39. The first-order valence-electron chi connectivity index (χ1n) is 8.08. The van der Waals surface area contributed by atoms with Gasteiger partial charge in [0.2, 0.25) is 0 Å². The Morgan fingerprint density at radius 3 is 2.92 bits per heavy atom. The molecule has 128 valence electrons. The highest BCUT2D eigenvalue weighted by Crippen LogP contribution is 2.24. The summed E-state index contributed by atoms with van der Waals surface area (Å²) in [7, 11) is 0. The number of carbonyl (C=O) groups is 2. The predicted molar refractivity (Wildman–Crippen MR) is 86.9 cm³/mol. The Morgan fingerprint density at radius 1 is 1.46 bits per heavy atom. The van der Waals surface area contributed by atoms with Crippen LogP contribution < -0.4 is 5.32 Å². The van der Waals surface area contributed by atoms with E-state index in [1.165, 1.54) is 0 Å². The van der Waals surface area contributed by atoms with Gasteiger partial charge in [-0.05, 0) is 37.3 Å². The molecule has 2 N–H and O–H groups in total. The molecule has 7 heteroatoms. The van der Waals surface area contributed by atoms with Crippen LogP contribution in [0.15, 0.2) is 24.7 Å². The van der Waals surface area contributed by atoms with Gasteiger partial charge >= 0.3 is 5.97 Å². The molecule has 1 unspecified atom stereocenters. The van der Waals surface area contributed by atoms with Crippen LogP contribution in [0.5, 0.6) is 0 Å². The number of aliphatic carboxylic acids is 1. The van der Waals surface area contributed by atoms with Gasteiger partial charge in [0.1, 0.15) is 5.65 Å². The third-order valence-electron chi connectivity index (χ3n) is 4.50. The van der Waals surface area contributed by atoms with E-state index in [4.69, 9.17) is 4.74 Å². The van der Waals surface area contributed by atoms with Crippen LogP contribution in [0.25, 0.3) is 5.65 Å². The zero-order valence-electron chi connectivity index (χ0n) is 13.6. The van der Waals surface area contributed by atoms with E-state index in [-0.39, 0.29) is 18.4 Å². The van der Waals surface area contributed by atoms with Crippen LogP contribution in [0.1, 0.15) is 28.8 Å². The molecule has 1 amide bonds. The number of aromatic nitrogens is 2. The van der Waals surface area contributed by atoms with Crippen molar-refractivity contribution < 1.29 is 19.4 Å². The summed E-state index contributed by atoms with van der Waals surface area (Å²) in [6.45, 7) is 3.17. The number of imidazole rings is 1. The van der Waals surface area contributed by atoms with E-state index >= 15 is 0 Å². The van der Waals surface area contributed by atoms with E-state index in [9.17, 15) is 14.7 Å². The van der Waals surface area contributed by atoms with Crippen LogP contribution in [0.3, 0.4) is 0 Å². The number of rotatable bonds is 5. The molecule has 1 fully saturated rings. The number of nitrogens with zero attached hydrogens (tertiary/aromatic N) is 2. The second kappa shape index (κ2) is 7.00. The average molecular weight is 331 g/mol. The third kappa shape index (κ3) is 3.41. The smallest absolute Gasteiger partial charge is 0.308 e. The number of pyridine rings is 1. The summed E-state index contributed by atoms with van der Waals surface area (Å²) in [6, 6.07) is 1.77. The van der Waals surface area contributed by atoms with Crippen molar-refractivity contribution in [1.82, 2.24) is 14.7 Å². The topological polar surface area (TPSA) is 92.9 Å². The Bertz CT molecular complexity index is 749. The number of ether oxygens (including phenoxy) is 1. The highest BCUT2D eigenvalue weighted by molar-refractivity contribution is 6.00. The molecule has 1 atom stereocenters. The molecule has 3 heterocycles. The number of aryl methyl sites for hydroxylation is 1. The van der Waals surface area contributed by atoms with E-state index in [0.717, 1.165) is 5.56 Å². The summed E-state index contributed by atoms with van der Waals surface area (Å²) in [4.78, 5) is 28.3. The second-order valence-electron chi connectivity index (χ2n) is 6.19. The number of hydrogen-bond acceptors (Lipinski definition) is 4. The standard InChI is InChI=1S/C17H21N3O4/c1-11-8-13(15-18-4-5-20(15)10-11)16(21)19-9-14(17(22)23)12-2-6-24-7-3-12/h4-5,8,10,12,14H,2-3,6-7,9H2,1H3,(H,19,21)(H,22,23). The number of carboxylic acids is 1. The molecule has 1 saturated heterocycles. The summed E-state index contributed by atoms with van der Waals surface area (Å²) in [5, 5.41) is 12.3. The molecule has 7 nitrogen and oxygen atoms in total. The Balaban J connectivity index is 1.73. The van der Waals surface area contributed by atoms with Gasteiger partial charge in [0.15, 0.2) is 0 Å². The molecular formula is C17H21N3O4. The van der Waals surface area contributed by atoms with Crippen molar-refractivity contribution in [3.8, 4) is 0 Å². The number of hydrogen-bond donors (Lipinski definition) is 2. The normalized spacial score (nSPS) is 16.9. The molecule has 0 radical (unpaired) electrons. The van der Waals surface area contributed by atoms with E-state index in [0.29, 0.717) is 37.3 Å². The maximum Gasteiger partial charge on any atom is 0.308 e. The van der Waals surface area contributed by atoms with Gasteiger partial charge in [-0.25, -0.2) is 4.98 Å². The minimum atomic E-state index is -0.877. The molecule has 24 heavy (non-hydrogen) atoms. The molecule has 3 rings (SSSR count). The number of fused-ring (bicyclic) bond motifs is 1. The summed E-state index contributed by atoms with van der Waals surface area (Å²) >= 11 is 0. The number of nitrogens with one attached hydrogen (secondary N) is 1. The fourth-order valence-corrected chi connectivity index (χ4v) is 3.21. The van der Waals surface area contributed by atoms with Crippen molar-refractivity contribution in [3.05, 3.63) is 35.8 Å². The highest BCUT2D eigenvalue weighted by Gasteiger charge is 2.30. The molecule has 0 aromatic carbocycles. The van der Waals surface area contributed by atoms with Gasteiger partial charge in [0.05, 0.1) is 11.5 Å². The van der Waals surface area contributed by atoms with Crippen molar-refractivity contribution in [1.29, 1.82) is 0 Å². The molecule has 0 saturated carbocycles. The van der Waals surface area contributed by atoms with Gasteiger partial charge in [0, 0.05) is 38.3 Å². The van der Waals surface area contributed by atoms with Crippen LogP contribution in [-0.4, -0.2) is 46.1 Å². The van der Waals surface area contributed by atoms with Gasteiger partial charge in [-0.15, -0.1) is 0 Å². The van der Waals surface area contributed by atoms with Gasteiger partial charge in [-0.3, -0.25) is 9.59 Å². The Labute approximate surface area is 139 Å². The van der Waals surface area contributed by atoms with Crippen molar-refractivity contribution in [3.63, 3.8) is 0 Å². The summed E-state index contributed by atoms with van der Waals surface area (Å²) in [5.74, 6) is -1.75. The Morgan fingerprint density at radius 2 is 2.21 bits per heavy atom. The van der Waals surface area contributed by atoms with Gasteiger partial charge in [-0.1, -0.05) is 0 Å². The van der Waals surface area contributed by atoms with Crippen molar-refractivity contribution in [2.24, 2.45) is 11.8 Å². The fraction of sp³-hybridized carbons (Fsp3) is 0.471. The number of amides is 1. The monoisotopic (exact) mass is 331 g/mol. The summed E-state index contributed by atoms with van der Waals surface area (Å²) < 4.78 is 7.07. The quantitative estimate of drug-likeness (QED) is 0.866. The fourth-order valence-electron chi connectivity index (χ4n) is 3.21. The predicted octanol–water partition coefficient (Wildman–Crippen LogP) is 1.50. The highest BCUT2D eigenvalue weighted by atomic mass is 16.5. The maximum atomic E-state index is 12.5. The zero-order chi connectivity index (χ0) is 17.1. The van der Waals surface area contributed by atoms with Crippen molar-refractivity contribution >= 4 is 17.5 Å². The van der Waals surface area contributed by atoms with E-state index in [1.807, 2.05) is 13.1 Å². The van der Waals surface area contributed by atoms with E-state index in [1.54, 1.807) is 22.9 Å². The third-order valence-corrected chi connectivity index (χ3v) is 4.50. The van der Waals surface area contributed by atoms with Crippen LogP contribution in [0.4, 0.5) is 0 Å². The van der Waals surface area contributed by atoms with Crippen molar-refractivity contribution in [2.75, 3.05) is 19.8 Å². The first kappa shape index (κ1) is 16.4. The van der Waals surface area contributed by atoms with Gasteiger partial charge < -0.3 is 19.6 Å².